The second kappa shape index (κ2) is 6.08. The second-order valence-corrected chi connectivity index (χ2v) is 9.10. The van der Waals surface area contributed by atoms with E-state index in [4.69, 9.17) is 11.6 Å². The molecule has 0 spiro atoms. The first-order valence-corrected chi connectivity index (χ1v) is 9.88. The maximum absolute atomic E-state index is 12.8. The lowest BCUT2D eigenvalue weighted by Gasteiger charge is -2.25. The number of halogens is 1. The van der Waals surface area contributed by atoms with Gasteiger partial charge in [0.15, 0.2) is 4.91 Å². The topological polar surface area (TPSA) is 92.3 Å². The van der Waals surface area contributed by atoms with E-state index in [1.165, 1.54) is 18.4 Å². The number of rotatable bonds is 2. The molecule has 0 radical (unpaired) electrons. The minimum atomic E-state index is -3.95. The molecule has 1 aliphatic heterocycles. The van der Waals surface area contributed by atoms with Crippen molar-refractivity contribution in [2.45, 2.75) is 20.8 Å². The number of ketones is 1. The van der Waals surface area contributed by atoms with Gasteiger partial charge in [-0.15, -0.1) is 11.3 Å². The van der Waals surface area contributed by atoms with E-state index in [9.17, 15) is 13.2 Å². The van der Waals surface area contributed by atoms with Gasteiger partial charge in [0.1, 0.15) is 10.2 Å². The van der Waals surface area contributed by atoms with Gasteiger partial charge in [-0.2, -0.15) is 0 Å². The van der Waals surface area contributed by atoms with Crippen molar-refractivity contribution in [2.24, 2.45) is 0 Å². The molecule has 0 bridgehead atoms. The van der Waals surface area contributed by atoms with Crippen molar-refractivity contribution in [3.05, 3.63) is 44.0 Å². The van der Waals surface area contributed by atoms with E-state index in [1.807, 2.05) is 13.8 Å². The second-order valence-electron chi connectivity index (χ2n) is 5.57. The van der Waals surface area contributed by atoms with Gasteiger partial charge in [-0.3, -0.25) is 9.10 Å². The highest BCUT2D eigenvalue weighted by Gasteiger charge is 2.41. The van der Waals surface area contributed by atoms with Crippen LogP contribution < -0.4 is 9.62 Å². The standard InChI is InChI=1S/C15H15ClN4O3S2/c1-7-5-11(16)19-15(18-7)17-6-10-13(21)12-8(2)9(3)24-14(12)20(4)25(10,22)23/h5-6H,1-4H3,(H,17,18,19). The summed E-state index contributed by atoms with van der Waals surface area (Å²) in [7, 11) is -2.52. The van der Waals surface area contributed by atoms with Gasteiger partial charge in [-0.25, -0.2) is 18.4 Å². The summed E-state index contributed by atoms with van der Waals surface area (Å²) in [4.78, 5) is 21.4. The Balaban J connectivity index is 2.09. The number of nitrogens with zero attached hydrogens (tertiary/aromatic N) is 3. The first kappa shape index (κ1) is 17.8. The first-order chi connectivity index (χ1) is 11.6. The van der Waals surface area contributed by atoms with Crippen LogP contribution >= 0.6 is 22.9 Å². The summed E-state index contributed by atoms with van der Waals surface area (Å²) in [5, 5.41) is 3.32. The van der Waals surface area contributed by atoms with E-state index in [1.54, 1.807) is 13.0 Å². The largest absolute Gasteiger partial charge is 0.329 e. The number of Topliss-reactive ketones (excluding diaryl/α,β-unsaturated/α-hetero) is 1. The molecule has 0 atom stereocenters. The Morgan fingerprint density at radius 3 is 2.60 bits per heavy atom. The molecule has 0 amide bonds. The first-order valence-electron chi connectivity index (χ1n) is 7.24. The van der Waals surface area contributed by atoms with E-state index < -0.39 is 15.8 Å². The molecule has 0 unspecified atom stereocenters. The van der Waals surface area contributed by atoms with E-state index in [0.29, 0.717) is 16.3 Å². The molecule has 2 aromatic heterocycles. The number of allylic oxidation sites excluding steroid dienone is 1. The Kier molecular flexibility index (Phi) is 4.34. The number of fused-ring (bicyclic) bond motifs is 1. The number of hydrogen-bond acceptors (Lipinski definition) is 7. The molecule has 3 rings (SSSR count). The number of aromatic nitrogens is 2. The lowest BCUT2D eigenvalue weighted by atomic mass is 10.1. The Morgan fingerprint density at radius 2 is 1.96 bits per heavy atom. The zero-order chi connectivity index (χ0) is 18.5. The molecule has 7 nitrogen and oxygen atoms in total. The molecule has 0 aliphatic carbocycles. The highest BCUT2D eigenvalue weighted by Crippen LogP contribution is 2.42. The molecule has 2 aromatic rings. The van der Waals surface area contributed by atoms with E-state index in [0.717, 1.165) is 20.9 Å². The van der Waals surface area contributed by atoms with Gasteiger partial charge < -0.3 is 5.32 Å². The molecule has 0 fully saturated rings. The number of aryl methyl sites for hydroxylation is 2. The molecular formula is C15H15ClN4O3S2. The number of sulfonamides is 1. The van der Waals surface area contributed by atoms with Crippen molar-refractivity contribution in [3.63, 3.8) is 0 Å². The number of thiophene rings is 1. The van der Waals surface area contributed by atoms with Gasteiger partial charge in [0.2, 0.25) is 11.7 Å². The fourth-order valence-corrected chi connectivity index (χ4v) is 5.27. The van der Waals surface area contributed by atoms with Gasteiger partial charge in [0, 0.05) is 23.8 Å². The van der Waals surface area contributed by atoms with Gasteiger partial charge >= 0.3 is 0 Å². The zero-order valence-electron chi connectivity index (χ0n) is 13.9. The van der Waals surface area contributed by atoms with Gasteiger partial charge in [0.05, 0.1) is 5.56 Å². The monoisotopic (exact) mass is 398 g/mol. The molecule has 10 heteroatoms. The Morgan fingerprint density at radius 1 is 1.28 bits per heavy atom. The summed E-state index contributed by atoms with van der Waals surface area (Å²) >= 11 is 7.15. The van der Waals surface area contributed by atoms with Crippen molar-refractivity contribution in [3.8, 4) is 0 Å². The van der Waals surface area contributed by atoms with Crippen LogP contribution in [-0.2, 0) is 10.0 Å². The third-order valence-corrected chi connectivity index (χ3v) is 7.25. The third-order valence-electron chi connectivity index (χ3n) is 3.90. The lowest BCUT2D eigenvalue weighted by molar-refractivity contribution is 0.104. The van der Waals surface area contributed by atoms with Crippen molar-refractivity contribution < 1.29 is 13.2 Å². The van der Waals surface area contributed by atoms with Gasteiger partial charge in [-0.1, -0.05) is 11.6 Å². The number of carbonyl (C=O) groups excluding carboxylic acids is 1. The lowest BCUT2D eigenvalue weighted by Crippen LogP contribution is -2.36. The van der Waals surface area contributed by atoms with Gasteiger partial charge in [-0.05, 0) is 32.4 Å². The van der Waals surface area contributed by atoms with Crippen LogP contribution in [0.25, 0.3) is 0 Å². The van der Waals surface area contributed by atoms with Crippen LogP contribution in [0.2, 0.25) is 5.15 Å². The number of anilines is 2. The van der Waals surface area contributed by atoms with Crippen LogP contribution in [-0.4, -0.2) is 31.2 Å². The van der Waals surface area contributed by atoms with Crippen LogP contribution in [0.5, 0.6) is 0 Å². The van der Waals surface area contributed by atoms with Crippen molar-refractivity contribution >= 4 is 49.7 Å². The van der Waals surface area contributed by atoms with Crippen LogP contribution in [0.4, 0.5) is 10.9 Å². The molecular weight excluding hydrogens is 384 g/mol. The van der Waals surface area contributed by atoms with E-state index in [2.05, 4.69) is 15.3 Å². The van der Waals surface area contributed by atoms with E-state index in [-0.39, 0.29) is 16.0 Å². The number of nitrogens with one attached hydrogen (secondary N) is 1. The maximum Gasteiger partial charge on any atom is 0.270 e. The SMILES string of the molecule is Cc1cc(Cl)nc(NC=C2C(=O)c3c(sc(C)c3C)N(C)S2(=O)=O)n1. The van der Waals surface area contributed by atoms with Crippen LogP contribution in [0.1, 0.15) is 26.5 Å². The molecule has 132 valence electrons. The van der Waals surface area contributed by atoms with Gasteiger partial charge in [0.25, 0.3) is 10.0 Å². The zero-order valence-corrected chi connectivity index (χ0v) is 16.3. The predicted octanol–water partition coefficient (Wildman–Crippen LogP) is 3.03. The molecule has 1 aliphatic rings. The minimum absolute atomic E-state index is 0.118. The van der Waals surface area contributed by atoms with Crippen molar-refractivity contribution in [2.75, 3.05) is 16.7 Å². The number of carbonyl (C=O) groups is 1. The Labute approximate surface area is 154 Å². The van der Waals surface area contributed by atoms with Crippen LogP contribution in [0.3, 0.4) is 0 Å². The fraction of sp³-hybridized carbons (Fsp3) is 0.267. The summed E-state index contributed by atoms with van der Waals surface area (Å²) in [6.07, 6.45) is 1.12. The predicted molar refractivity (Wildman–Crippen MR) is 98.9 cm³/mol. The molecule has 0 saturated heterocycles. The van der Waals surface area contributed by atoms with Crippen LogP contribution in [0, 0.1) is 20.8 Å². The smallest absolute Gasteiger partial charge is 0.270 e. The molecule has 1 N–H and O–H groups in total. The number of hydrogen-bond donors (Lipinski definition) is 1. The quantitative estimate of drug-likeness (QED) is 0.617. The summed E-state index contributed by atoms with van der Waals surface area (Å²) in [5.74, 6) is -0.423. The third kappa shape index (κ3) is 2.92. The van der Waals surface area contributed by atoms with Crippen LogP contribution in [0.15, 0.2) is 17.2 Å². The molecule has 25 heavy (non-hydrogen) atoms. The highest BCUT2D eigenvalue weighted by molar-refractivity contribution is 7.98. The van der Waals surface area contributed by atoms with Crippen molar-refractivity contribution in [1.29, 1.82) is 0 Å². The average molecular weight is 399 g/mol. The maximum atomic E-state index is 12.8. The Hall–Kier alpha value is -1.97. The fourth-order valence-electron chi connectivity index (χ4n) is 2.46. The summed E-state index contributed by atoms with van der Waals surface area (Å²) < 4.78 is 26.5. The molecule has 0 aromatic carbocycles. The van der Waals surface area contributed by atoms with E-state index >= 15 is 0 Å². The summed E-state index contributed by atoms with van der Waals surface area (Å²) in [6, 6.07) is 1.57. The normalized spacial score (nSPS) is 17.7. The minimum Gasteiger partial charge on any atom is -0.329 e. The summed E-state index contributed by atoms with van der Waals surface area (Å²) in [5.41, 5.74) is 1.81. The molecule has 3 heterocycles. The van der Waals surface area contributed by atoms with Crippen molar-refractivity contribution in [1.82, 2.24) is 9.97 Å². The Bertz CT molecular complexity index is 1010. The average Bonchev–Trinajstić information content (AvgIpc) is 2.80. The highest BCUT2D eigenvalue weighted by atomic mass is 35.5. The molecule has 0 saturated carbocycles. The summed E-state index contributed by atoms with van der Waals surface area (Å²) in [6.45, 7) is 5.39.